The van der Waals surface area contributed by atoms with Crippen molar-refractivity contribution in [2.45, 2.75) is 82.6 Å². The van der Waals surface area contributed by atoms with Gasteiger partial charge in [-0.05, 0) is 62.6 Å². The first kappa shape index (κ1) is 34.6. The van der Waals surface area contributed by atoms with Crippen LogP contribution in [0, 0.1) is 18.3 Å². The Hall–Kier alpha value is -3.70. The molecule has 8 nitrogen and oxygen atoms in total. The molecule has 2 unspecified atom stereocenters. The van der Waals surface area contributed by atoms with E-state index in [-0.39, 0.29) is 47.3 Å². The van der Waals surface area contributed by atoms with Gasteiger partial charge in [0.1, 0.15) is 11.5 Å². The van der Waals surface area contributed by atoms with Gasteiger partial charge in [-0.25, -0.2) is 17.4 Å². The van der Waals surface area contributed by atoms with Crippen molar-refractivity contribution in [2.24, 2.45) is 0 Å². The van der Waals surface area contributed by atoms with Gasteiger partial charge >= 0.3 is 6.18 Å². The van der Waals surface area contributed by atoms with Gasteiger partial charge in [-0.15, -0.1) is 0 Å². The predicted octanol–water partition coefficient (Wildman–Crippen LogP) is 7.51. The van der Waals surface area contributed by atoms with E-state index in [2.05, 4.69) is 24.6 Å². The molecule has 47 heavy (non-hydrogen) atoms. The van der Waals surface area contributed by atoms with E-state index in [0.717, 1.165) is 20.2 Å². The fraction of sp³-hybridized carbons (Fsp3) is 0.412. The lowest BCUT2D eigenvalue weighted by Crippen LogP contribution is -2.46. The van der Waals surface area contributed by atoms with Gasteiger partial charge in [0, 0.05) is 31.8 Å². The van der Waals surface area contributed by atoms with Crippen LogP contribution in [-0.2, 0) is 27.1 Å². The number of alkyl halides is 3. The van der Waals surface area contributed by atoms with Crippen molar-refractivity contribution in [3.8, 4) is 6.07 Å². The van der Waals surface area contributed by atoms with E-state index in [1.165, 1.54) is 42.6 Å². The van der Waals surface area contributed by atoms with Gasteiger partial charge in [-0.2, -0.15) is 18.4 Å². The molecule has 13 heteroatoms. The van der Waals surface area contributed by atoms with Gasteiger partial charge in [0.05, 0.1) is 28.2 Å². The van der Waals surface area contributed by atoms with Crippen LogP contribution in [0.15, 0.2) is 66.4 Å². The minimum Gasteiger partial charge on any atom is -0.370 e. The third-order valence-corrected chi connectivity index (χ3v) is 12.8. The molecule has 1 N–H and O–H groups in total. The molecular formula is C34H39F3N4O4SSi. The van der Waals surface area contributed by atoms with Crippen molar-refractivity contribution in [1.29, 1.82) is 5.26 Å². The maximum Gasteiger partial charge on any atom is 0.428 e. The first-order valence-electron chi connectivity index (χ1n) is 15.4. The van der Waals surface area contributed by atoms with Crippen LogP contribution in [0.4, 0.5) is 13.2 Å². The first-order chi connectivity index (χ1) is 21.9. The van der Waals surface area contributed by atoms with Crippen LogP contribution >= 0.6 is 0 Å². The van der Waals surface area contributed by atoms with E-state index in [1.54, 1.807) is 26.0 Å². The average Bonchev–Trinajstić information content (AvgIpc) is 3.61. The zero-order valence-electron chi connectivity index (χ0n) is 27.3. The molecule has 0 saturated carbocycles. The summed E-state index contributed by atoms with van der Waals surface area (Å²) >= 11 is 0. The molecule has 0 spiro atoms. The Labute approximate surface area is 273 Å². The molecule has 1 aliphatic rings. The standard InChI is InChI=1S/C34H39F3N4O4SSi/c1-7-24-9-8-15-32(3,20-24)46(43,44)41-16-14-26-27(12-10-23(2)30(26)41)33(42,34(35,36)37)31-39-28-13-11-25(21-38)19-29(28)40(31)22-45-17-18-47(4,5)6/h8-14,16,19-20,42H,7,15,17-18,22H2,1-6H3. The number of hydrogen-bond acceptors (Lipinski definition) is 6. The Kier molecular flexibility index (Phi) is 8.89. The highest BCUT2D eigenvalue weighted by atomic mass is 32.2. The second kappa shape index (κ2) is 12.1. The Morgan fingerprint density at radius 3 is 2.53 bits per heavy atom. The van der Waals surface area contributed by atoms with Crippen LogP contribution in [0.3, 0.4) is 0 Å². The zero-order chi connectivity index (χ0) is 34.6. The number of halogens is 3. The monoisotopic (exact) mass is 684 g/mol. The minimum absolute atomic E-state index is 0.0354. The van der Waals surface area contributed by atoms with Crippen LogP contribution in [0.5, 0.6) is 0 Å². The molecule has 0 amide bonds. The van der Waals surface area contributed by atoms with Crippen molar-refractivity contribution >= 4 is 40.0 Å². The summed E-state index contributed by atoms with van der Waals surface area (Å²) in [6, 6.07) is 10.9. The number of rotatable bonds is 10. The normalized spacial score (nSPS) is 18.8. The first-order valence-corrected chi connectivity index (χ1v) is 20.5. The second-order valence-corrected chi connectivity index (χ2v) is 21.4. The summed E-state index contributed by atoms with van der Waals surface area (Å²) in [7, 11) is -5.71. The molecule has 2 atom stereocenters. The Balaban J connectivity index is 1.74. The van der Waals surface area contributed by atoms with E-state index in [9.17, 15) is 18.8 Å². The summed E-state index contributed by atoms with van der Waals surface area (Å²) in [5.41, 5.74) is -2.44. The number of ether oxygens (including phenoxy) is 1. The van der Waals surface area contributed by atoms with Crippen LogP contribution < -0.4 is 0 Å². The second-order valence-electron chi connectivity index (χ2n) is 13.5. The fourth-order valence-electron chi connectivity index (χ4n) is 6.01. The van der Waals surface area contributed by atoms with Gasteiger partial charge in [-0.3, -0.25) is 0 Å². The van der Waals surface area contributed by atoms with Gasteiger partial charge in [-0.1, -0.05) is 62.5 Å². The largest absolute Gasteiger partial charge is 0.428 e. The highest BCUT2D eigenvalue weighted by Crippen LogP contribution is 2.48. The number of allylic oxidation sites excluding steroid dienone is 3. The molecule has 0 bridgehead atoms. The predicted molar refractivity (Wildman–Crippen MR) is 179 cm³/mol. The minimum atomic E-state index is -5.30. The summed E-state index contributed by atoms with van der Waals surface area (Å²) in [4.78, 5) is 4.29. The summed E-state index contributed by atoms with van der Waals surface area (Å²) in [6.07, 6.45) is 2.11. The fourth-order valence-corrected chi connectivity index (χ4v) is 8.53. The number of imidazole rings is 1. The van der Waals surface area contributed by atoms with E-state index < -0.39 is 46.0 Å². The SMILES string of the molecule is CCC1=CC(C)(S(=O)(=O)n2ccc3c(C(O)(c4nc5ccc(C#N)cc5n4COCC[Si](C)(C)C)C(F)(F)F)ccc(C)c32)CC=C1. The molecule has 0 saturated heterocycles. The quantitative estimate of drug-likeness (QED) is 0.137. The molecule has 0 aliphatic heterocycles. The zero-order valence-corrected chi connectivity index (χ0v) is 29.1. The highest BCUT2D eigenvalue weighted by Gasteiger charge is 2.60. The Morgan fingerprint density at radius 1 is 1.17 bits per heavy atom. The molecular weight excluding hydrogens is 646 g/mol. The molecule has 0 fully saturated rings. The Morgan fingerprint density at radius 2 is 1.89 bits per heavy atom. The number of aryl methyl sites for hydroxylation is 1. The summed E-state index contributed by atoms with van der Waals surface area (Å²) in [5, 5.41) is 21.5. The molecule has 2 aromatic carbocycles. The summed E-state index contributed by atoms with van der Waals surface area (Å²) < 4.78 is 81.5. The molecule has 2 heterocycles. The van der Waals surface area contributed by atoms with Gasteiger partial charge in [0.25, 0.3) is 0 Å². The Bertz CT molecular complexity index is 2070. The van der Waals surface area contributed by atoms with Crippen molar-refractivity contribution in [3.63, 3.8) is 0 Å². The molecule has 2 aromatic heterocycles. The van der Waals surface area contributed by atoms with Crippen LogP contribution in [0.25, 0.3) is 21.9 Å². The van der Waals surface area contributed by atoms with Gasteiger partial charge in [0.2, 0.25) is 15.6 Å². The maximum absolute atomic E-state index is 15.4. The van der Waals surface area contributed by atoms with E-state index in [4.69, 9.17) is 4.74 Å². The lowest BCUT2D eigenvalue weighted by molar-refractivity contribution is -0.252. The topological polar surface area (TPSA) is 110 Å². The maximum atomic E-state index is 15.4. The number of fused-ring (bicyclic) bond motifs is 2. The molecule has 1 aliphatic carbocycles. The number of nitrogens with zero attached hydrogens (tertiary/aromatic N) is 4. The van der Waals surface area contributed by atoms with E-state index in [1.807, 2.05) is 19.1 Å². The number of benzene rings is 2. The summed E-state index contributed by atoms with van der Waals surface area (Å²) in [6.45, 7) is 11.5. The third-order valence-electron chi connectivity index (χ3n) is 8.84. The van der Waals surface area contributed by atoms with Crippen molar-refractivity contribution in [3.05, 3.63) is 88.9 Å². The average molecular weight is 685 g/mol. The smallest absolute Gasteiger partial charge is 0.370 e. The van der Waals surface area contributed by atoms with Crippen LogP contribution in [0.1, 0.15) is 49.2 Å². The molecule has 4 aromatic rings. The van der Waals surface area contributed by atoms with Gasteiger partial charge in [0.15, 0.2) is 5.82 Å². The number of nitriles is 1. The van der Waals surface area contributed by atoms with Crippen LogP contribution in [0.2, 0.25) is 25.7 Å². The van der Waals surface area contributed by atoms with Crippen molar-refractivity contribution in [1.82, 2.24) is 13.5 Å². The molecule has 0 radical (unpaired) electrons. The van der Waals surface area contributed by atoms with Crippen molar-refractivity contribution < 1.29 is 31.4 Å². The lowest BCUT2D eigenvalue weighted by Gasteiger charge is -2.32. The molecule has 250 valence electrons. The third kappa shape index (κ3) is 5.97. The van der Waals surface area contributed by atoms with E-state index >= 15 is 13.2 Å². The number of aromatic nitrogens is 3. The van der Waals surface area contributed by atoms with Gasteiger partial charge < -0.3 is 14.4 Å². The highest BCUT2D eigenvalue weighted by molar-refractivity contribution is 7.91. The van der Waals surface area contributed by atoms with Crippen molar-refractivity contribution in [2.75, 3.05) is 6.61 Å². The van der Waals surface area contributed by atoms with Crippen LogP contribution in [-0.4, -0.2) is 52.7 Å². The lowest BCUT2D eigenvalue weighted by atomic mass is 9.88. The molecule has 5 rings (SSSR count). The van der Waals surface area contributed by atoms with E-state index in [0.29, 0.717) is 12.0 Å². The summed E-state index contributed by atoms with van der Waals surface area (Å²) in [5.74, 6) is -0.747. The number of hydrogen-bond donors (Lipinski definition) is 1. The number of aliphatic hydroxyl groups is 1.